The van der Waals surface area contributed by atoms with E-state index in [0.29, 0.717) is 48.0 Å². The van der Waals surface area contributed by atoms with Crippen LogP contribution in [0.25, 0.3) is 0 Å². The molecule has 1 amide bonds. The summed E-state index contributed by atoms with van der Waals surface area (Å²) in [7, 11) is 2.90. The quantitative estimate of drug-likeness (QED) is 0.804. The number of ether oxygens (including phenoxy) is 2. The van der Waals surface area contributed by atoms with Gasteiger partial charge in [-0.25, -0.2) is 0 Å². The number of carbonyl (C=O) groups is 2. The minimum atomic E-state index is -1.02. The van der Waals surface area contributed by atoms with Crippen LogP contribution >= 0.6 is 11.6 Å². The van der Waals surface area contributed by atoms with Crippen LogP contribution in [0.15, 0.2) is 12.1 Å². The molecular formula is C16H21ClN2O5. The number of piperidine rings is 1. The molecule has 1 heterocycles. The number of carboxylic acids is 1. The van der Waals surface area contributed by atoms with E-state index in [1.165, 1.54) is 14.2 Å². The zero-order valence-electron chi connectivity index (χ0n) is 13.6. The molecule has 0 spiro atoms. The SMILES string of the molecule is COc1cc(Cl)cc(OC)c1[C@H](C(=O)O)N1CCC(C(N)=O)CC1. The minimum absolute atomic E-state index is 0.218. The maximum Gasteiger partial charge on any atom is 0.325 e. The Bertz CT molecular complexity index is 604. The average molecular weight is 357 g/mol. The van der Waals surface area contributed by atoms with Crippen molar-refractivity contribution in [2.45, 2.75) is 18.9 Å². The molecule has 0 unspecified atom stereocenters. The summed E-state index contributed by atoms with van der Waals surface area (Å²) in [6.45, 7) is 0.888. The van der Waals surface area contributed by atoms with E-state index in [1.54, 1.807) is 17.0 Å². The Morgan fingerprint density at radius 1 is 1.25 bits per heavy atom. The van der Waals surface area contributed by atoms with Crippen molar-refractivity contribution in [1.29, 1.82) is 0 Å². The number of likely N-dealkylation sites (tertiary alicyclic amines) is 1. The Kier molecular flexibility index (Phi) is 5.90. The number of hydrogen-bond donors (Lipinski definition) is 2. The van der Waals surface area contributed by atoms with Crippen molar-refractivity contribution >= 4 is 23.5 Å². The monoisotopic (exact) mass is 356 g/mol. The summed E-state index contributed by atoms with van der Waals surface area (Å²) >= 11 is 6.03. The number of hydrogen-bond acceptors (Lipinski definition) is 5. The summed E-state index contributed by atoms with van der Waals surface area (Å²) in [5.41, 5.74) is 5.75. The highest BCUT2D eigenvalue weighted by Crippen LogP contribution is 2.41. The van der Waals surface area contributed by atoms with E-state index in [1.807, 2.05) is 0 Å². The van der Waals surface area contributed by atoms with Crippen LogP contribution < -0.4 is 15.2 Å². The minimum Gasteiger partial charge on any atom is -0.496 e. The van der Waals surface area contributed by atoms with E-state index in [0.717, 1.165) is 0 Å². The van der Waals surface area contributed by atoms with Gasteiger partial charge in [0.05, 0.1) is 19.8 Å². The lowest BCUT2D eigenvalue weighted by Crippen LogP contribution is -2.43. The van der Waals surface area contributed by atoms with Gasteiger partial charge >= 0.3 is 5.97 Å². The van der Waals surface area contributed by atoms with Crippen molar-refractivity contribution < 1.29 is 24.2 Å². The zero-order chi connectivity index (χ0) is 17.9. The van der Waals surface area contributed by atoms with Gasteiger partial charge in [-0.2, -0.15) is 0 Å². The molecule has 7 nitrogen and oxygen atoms in total. The van der Waals surface area contributed by atoms with Crippen molar-refractivity contribution in [2.75, 3.05) is 27.3 Å². The molecule has 0 aromatic heterocycles. The molecule has 0 aliphatic carbocycles. The number of rotatable bonds is 6. The Morgan fingerprint density at radius 2 is 1.75 bits per heavy atom. The van der Waals surface area contributed by atoms with Crippen LogP contribution in [0, 0.1) is 5.92 Å². The van der Waals surface area contributed by atoms with Crippen LogP contribution in [0.5, 0.6) is 11.5 Å². The molecule has 2 rings (SSSR count). The first kappa shape index (κ1) is 18.4. The summed E-state index contributed by atoms with van der Waals surface area (Å²) in [5.74, 6) is -0.883. The summed E-state index contributed by atoms with van der Waals surface area (Å²) in [4.78, 5) is 25.1. The molecule has 0 saturated carbocycles. The number of carboxylic acid groups (broad SMARTS) is 1. The normalized spacial score (nSPS) is 17.3. The largest absolute Gasteiger partial charge is 0.496 e. The Hall–Kier alpha value is -1.99. The highest BCUT2D eigenvalue weighted by atomic mass is 35.5. The highest BCUT2D eigenvalue weighted by Gasteiger charge is 2.36. The van der Waals surface area contributed by atoms with Gasteiger partial charge in [-0.05, 0) is 25.0 Å². The lowest BCUT2D eigenvalue weighted by molar-refractivity contribution is -0.144. The van der Waals surface area contributed by atoms with E-state index in [4.69, 9.17) is 26.8 Å². The maximum absolute atomic E-state index is 12.0. The first-order valence-electron chi connectivity index (χ1n) is 7.56. The molecule has 0 radical (unpaired) electrons. The molecule has 1 saturated heterocycles. The number of primary amides is 1. The van der Waals surface area contributed by atoms with Gasteiger partial charge in [0.15, 0.2) is 0 Å². The van der Waals surface area contributed by atoms with Crippen molar-refractivity contribution in [1.82, 2.24) is 4.90 Å². The van der Waals surface area contributed by atoms with Gasteiger partial charge in [-0.1, -0.05) is 11.6 Å². The van der Waals surface area contributed by atoms with Crippen LogP contribution in [0.3, 0.4) is 0 Å². The second-order valence-corrected chi connectivity index (χ2v) is 6.11. The number of carbonyl (C=O) groups excluding carboxylic acids is 1. The molecule has 1 aromatic rings. The van der Waals surface area contributed by atoms with E-state index in [2.05, 4.69) is 0 Å². The molecule has 3 N–H and O–H groups in total. The summed E-state index contributed by atoms with van der Waals surface area (Å²) < 4.78 is 10.6. The van der Waals surface area contributed by atoms with E-state index >= 15 is 0 Å². The number of nitrogens with two attached hydrogens (primary N) is 1. The Morgan fingerprint density at radius 3 is 2.12 bits per heavy atom. The molecular weight excluding hydrogens is 336 g/mol. The Labute approximate surface area is 145 Å². The van der Waals surface area contributed by atoms with Gasteiger partial charge in [0.1, 0.15) is 17.5 Å². The van der Waals surface area contributed by atoms with Crippen LogP contribution in [-0.2, 0) is 9.59 Å². The van der Waals surface area contributed by atoms with Gasteiger partial charge in [-0.15, -0.1) is 0 Å². The topological polar surface area (TPSA) is 102 Å². The molecule has 0 bridgehead atoms. The summed E-state index contributed by atoms with van der Waals surface area (Å²) in [6, 6.07) is 2.16. The van der Waals surface area contributed by atoms with E-state index in [9.17, 15) is 14.7 Å². The van der Waals surface area contributed by atoms with Crippen LogP contribution in [0.1, 0.15) is 24.4 Å². The molecule has 1 aliphatic rings. The third kappa shape index (κ3) is 3.73. The Balaban J connectivity index is 2.39. The predicted molar refractivity (Wildman–Crippen MR) is 88.4 cm³/mol. The summed E-state index contributed by atoms with van der Waals surface area (Å²) in [5, 5.41) is 10.2. The molecule has 24 heavy (non-hydrogen) atoms. The number of methoxy groups -OCH3 is 2. The second kappa shape index (κ2) is 7.72. The molecule has 1 aromatic carbocycles. The highest BCUT2D eigenvalue weighted by molar-refractivity contribution is 6.31. The fourth-order valence-electron chi connectivity index (χ4n) is 3.08. The van der Waals surface area contributed by atoms with Crippen molar-refractivity contribution in [3.63, 3.8) is 0 Å². The van der Waals surface area contributed by atoms with Crippen molar-refractivity contribution in [2.24, 2.45) is 11.7 Å². The number of halogens is 1. The van der Waals surface area contributed by atoms with Gasteiger partial charge in [0, 0.05) is 24.0 Å². The maximum atomic E-state index is 12.0. The van der Waals surface area contributed by atoms with Gasteiger partial charge < -0.3 is 20.3 Å². The average Bonchev–Trinajstić information content (AvgIpc) is 2.55. The predicted octanol–water partition coefficient (Wildman–Crippen LogP) is 1.68. The summed E-state index contributed by atoms with van der Waals surface area (Å²) in [6.07, 6.45) is 1.05. The number of benzene rings is 1. The molecule has 1 atom stereocenters. The van der Waals surface area contributed by atoms with Crippen LogP contribution in [0.4, 0.5) is 0 Å². The van der Waals surface area contributed by atoms with E-state index < -0.39 is 12.0 Å². The van der Waals surface area contributed by atoms with Gasteiger partial charge in [-0.3, -0.25) is 14.5 Å². The van der Waals surface area contributed by atoms with Crippen LogP contribution in [-0.4, -0.2) is 49.2 Å². The number of amides is 1. The first-order chi connectivity index (χ1) is 11.4. The fourth-order valence-corrected chi connectivity index (χ4v) is 3.28. The van der Waals surface area contributed by atoms with E-state index in [-0.39, 0.29) is 11.8 Å². The third-order valence-electron chi connectivity index (χ3n) is 4.31. The molecule has 1 fully saturated rings. The van der Waals surface area contributed by atoms with Gasteiger partial charge in [0.25, 0.3) is 0 Å². The molecule has 132 valence electrons. The smallest absolute Gasteiger partial charge is 0.325 e. The first-order valence-corrected chi connectivity index (χ1v) is 7.94. The molecule has 8 heteroatoms. The lowest BCUT2D eigenvalue weighted by atomic mass is 9.93. The third-order valence-corrected chi connectivity index (χ3v) is 4.53. The lowest BCUT2D eigenvalue weighted by Gasteiger charge is -2.35. The standard InChI is InChI=1S/C16H21ClN2O5/c1-23-11-7-10(17)8-12(24-2)13(11)14(16(21)22)19-5-3-9(4-6-19)15(18)20/h7-9,14H,3-6H2,1-2H3,(H2,18,20)(H,21,22)/t14-/m1/s1. The number of aliphatic carboxylic acids is 1. The second-order valence-electron chi connectivity index (χ2n) is 5.68. The fraction of sp³-hybridized carbons (Fsp3) is 0.500. The number of nitrogens with zero attached hydrogens (tertiary/aromatic N) is 1. The zero-order valence-corrected chi connectivity index (χ0v) is 14.4. The van der Waals surface area contributed by atoms with Crippen molar-refractivity contribution in [3.05, 3.63) is 22.7 Å². The van der Waals surface area contributed by atoms with Crippen LogP contribution in [0.2, 0.25) is 5.02 Å². The van der Waals surface area contributed by atoms with Gasteiger partial charge in [0.2, 0.25) is 5.91 Å². The van der Waals surface area contributed by atoms with Crippen molar-refractivity contribution in [3.8, 4) is 11.5 Å². The molecule has 1 aliphatic heterocycles.